The van der Waals surface area contributed by atoms with Gasteiger partial charge in [0, 0.05) is 49.3 Å². The number of halogens is 1. The van der Waals surface area contributed by atoms with E-state index in [1.807, 2.05) is 24.3 Å². The first-order valence-corrected chi connectivity index (χ1v) is 21.2. The third-order valence-electron chi connectivity index (χ3n) is 14.1. The number of amides is 2. The van der Waals surface area contributed by atoms with Gasteiger partial charge in [-0.25, -0.2) is 4.39 Å². The molecule has 298 valence electrons. The van der Waals surface area contributed by atoms with Crippen LogP contribution in [0.5, 0.6) is 11.5 Å². The van der Waals surface area contributed by atoms with Crippen molar-refractivity contribution < 1.29 is 23.8 Å². The van der Waals surface area contributed by atoms with Gasteiger partial charge in [0.05, 0.1) is 12.8 Å². The van der Waals surface area contributed by atoms with Gasteiger partial charge in [0.15, 0.2) is 0 Å². The highest BCUT2D eigenvalue weighted by atomic mass is 19.1. The monoisotopic (exact) mass is 770 g/mol. The Labute approximate surface area is 335 Å². The average Bonchev–Trinajstić information content (AvgIpc) is 3.22. The van der Waals surface area contributed by atoms with Gasteiger partial charge in [-0.3, -0.25) is 14.9 Å². The number of carbonyl (C=O) groups is 2. The largest absolute Gasteiger partial charge is 0.508 e. The summed E-state index contributed by atoms with van der Waals surface area (Å²) >= 11 is 0. The number of nitrogens with zero attached hydrogens (tertiary/aromatic N) is 2. The number of phenols is 1. The third kappa shape index (κ3) is 7.75. The molecular weight excluding hydrogens is 716 g/mol. The number of aryl methyl sites for hydroxylation is 1. The lowest BCUT2D eigenvalue weighted by Gasteiger charge is -2.54. The van der Waals surface area contributed by atoms with Gasteiger partial charge in [-0.15, -0.1) is 0 Å². The van der Waals surface area contributed by atoms with Gasteiger partial charge in [0.2, 0.25) is 11.8 Å². The molecule has 1 saturated carbocycles. The molecule has 3 N–H and O–H groups in total. The lowest BCUT2D eigenvalue weighted by molar-refractivity contribution is -0.133. The van der Waals surface area contributed by atoms with Crippen LogP contribution in [-0.4, -0.2) is 67.7 Å². The Bertz CT molecular complexity index is 2080. The van der Waals surface area contributed by atoms with Crippen LogP contribution in [-0.2, 0) is 16.0 Å². The summed E-state index contributed by atoms with van der Waals surface area (Å²) in [5, 5.41) is 16.0. The number of fused-ring (bicyclic) bond motifs is 1. The molecule has 2 aliphatic carbocycles. The normalized spacial score (nSPS) is 24.1. The maximum atomic E-state index is 16.4. The molecule has 4 aromatic carbocycles. The molecule has 4 fully saturated rings. The first-order chi connectivity index (χ1) is 27.7. The van der Waals surface area contributed by atoms with Crippen molar-refractivity contribution >= 4 is 23.2 Å². The molecule has 9 rings (SSSR count). The van der Waals surface area contributed by atoms with E-state index < -0.39 is 0 Å². The molecule has 8 nitrogen and oxygen atoms in total. The molecule has 3 aliphatic heterocycles. The van der Waals surface area contributed by atoms with Crippen molar-refractivity contribution in [1.82, 2.24) is 10.2 Å². The minimum Gasteiger partial charge on any atom is -0.508 e. The van der Waals surface area contributed by atoms with Crippen LogP contribution in [0.15, 0.2) is 84.9 Å². The number of anilines is 2. The number of rotatable bonds is 9. The lowest BCUT2D eigenvalue weighted by atomic mass is 9.57. The molecule has 4 aromatic rings. The number of piperidine rings is 3. The number of ether oxygens (including phenoxy) is 1. The molecule has 5 aliphatic rings. The molecule has 0 radical (unpaired) electrons. The Hall–Kier alpha value is -4.89. The van der Waals surface area contributed by atoms with E-state index in [0.717, 1.165) is 98.7 Å². The van der Waals surface area contributed by atoms with Crippen molar-refractivity contribution in [3.63, 3.8) is 0 Å². The van der Waals surface area contributed by atoms with E-state index in [9.17, 15) is 14.7 Å². The van der Waals surface area contributed by atoms with Gasteiger partial charge in [-0.05, 0) is 147 Å². The highest BCUT2D eigenvalue weighted by Crippen LogP contribution is 2.54. The first kappa shape index (κ1) is 37.7. The van der Waals surface area contributed by atoms with Crippen LogP contribution in [0.2, 0.25) is 0 Å². The molecule has 3 saturated heterocycles. The number of aromatic hydroxyl groups is 1. The van der Waals surface area contributed by atoms with Crippen molar-refractivity contribution in [2.24, 2.45) is 11.3 Å². The van der Waals surface area contributed by atoms with Crippen LogP contribution in [0.3, 0.4) is 0 Å². The number of imide groups is 1. The topological polar surface area (TPSA) is 94.1 Å². The SMILES string of the molecule is COc1cc(N2CCC3(CC2)CC(CN2CCC(c4ccc(N[C@H]5CCC(=O)NC5=O)cc4)CC2)C3)c(F)cc1[C@@H]1c2ccc(O)cc2CC[C@@H]1c1ccccc1. The summed E-state index contributed by atoms with van der Waals surface area (Å²) in [5.41, 5.74) is 7.66. The summed E-state index contributed by atoms with van der Waals surface area (Å²) in [6, 6.07) is 28.0. The van der Waals surface area contributed by atoms with Crippen LogP contribution in [0.25, 0.3) is 0 Å². The van der Waals surface area contributed by atoms with Gasteiger partial charge < -0.3 is 25.0 Å². The van der Waals surface area contributed by atoms with Gasteiger partial charge in [-0.2, -0.15) is 0 Å². The van der Waals surface area contributed by atoms with Gasteiger partial charge in [0.25, 0.3) is 0 Å². The van der Waals surface area contributed by atoms with Gasteiger partial charge in [0.1, 0.15) is 23.4 Å². The maximum absolute atomic E-state index is 16.4. The zero-order chi connectivity index (χ0) is 39.1. The maximum Gasteiger partial charge on any atom is 0.249 e. The van der Waals surface area contributed by atoms with Gasteiger partial charge in [-0.1, -0.05) is 48.5 Å². The predicted octanol–water partition coefficient (Wildman–Crippen LogP) is 8.50. The number of phenolic OH excluding ortho intramolecular Hbond substituents is 1. The fourth-order valence-electron chi connectivity index (χ4n) is 11.1. The Morgan fingerprint density at radius 1 is 0.842 bits per heavy atom. The summed E-state index contributed by atoms with van der Waals surface area (Å²) in [4.78, 5) is 28.5. The molecular formula is C48H55FN4O4. The van der Waals surface area contributed by atoms with E-state index in [1.54, 1.807) is 19.2 Å². The van der Waals surface area contributed by atoms with Crippen LogP contribution < -0.4 is 20.3 Å². The Balaban J connectivity index is 0.785. The summed E-state index contributed by atoms with van der Waals surface area (Å²) in [7, 11) is 1.70. The quantitative estimate of drug-likeness (QED) is 0.147. The number of benzene rings is 4. The van der Waals surface area contributed by atoms with Crippen LogP contribution in [0, 0.1) is 17.2 Å². The van der Waals surface area contributed by atoms with Crippen LogP contribution in [0.4, 0.5) is 15.8 Å². The Morgan fingerprint density at radius 3 is 2.32 bits per heavy atom. The second-order valence-electron chi connectivity index (χ2n) is 17.6. The third-order valence-corrected chi connectivity index (χ3v) is 14.1. The number of likely N-dealkylation sites (tertiary alicyclic amines) is 1. The number of nitrogens with one attached hydrogen (secondary N) is 2. The van der Waals surface area contributed by atoms with Crippen LogP contribution >= 0.6 is 0 Å². The number of carbonyl (C=O) groups excluding carboxylic acids is 2. The fourth-order valence-corrected chi connectivity index (χ4v) is 11.1. The second kappa shape index (κ2) is 15.8. The fraction of sp³-hybridized carbons (Fsp3) is 0.458. The second-order valence-corrected chi connectivity index (χ2v) is 17.6. The summed E-state index contributed by atoms with van der Waals surface area (Å²) in [5.74, 6) is 1.74. The van der Waals surface area contributed by atoms with Crippen LogP contribution in [0.1, 0.15) is 103 Å². The van der Waals surface area contributed by atoms with Crippen molar-refractivity contribution in [1.29, 1.82) is 0 Å². The molecule has 0 unspecified atom stereocenters. The van der Waals surface area contributed by atoms with Crippen molar-refractivity contribution in [2.45, 2.75) is 88.0 Å². The number of hydrogen-bond donors (Lipinski definition) is 3. The smallest absolute Gasteiger partial charge is 0.249 e. The minimum absolute atomic E-state index is 0.0832. The minimum atomic E-state index is -0.363. The van der Waals surface area contributed by atoms with Crippen molar-refractivity contribution in [2.75, 3.05) is 50.1 Å². The first-order valence-electron chi connectivity index (χ1n) is 21.2. The van der Waals surface area contributed by atoms with Crippen molar-refractivity contribution in [3.8, 4) is 11.5 Å². The summed E-state index contributed by atoms with van der Waals surface area (Å²) in [6.07, 6.45) is 9.71. The molecule has 3 heterocycles. The molecule has 0 aromatic heterocycles. The Kier molecular flexibility index (Phi) is 10.4. The van der Waals surface area contributed by atoms with E-state index in [2.05, 4.69) is 69.0 Å². The number of methoxy groups -OCH3 is 1. The molecule has 9 heteroatoms. The average molecular weight is 771 g/mol. The molecule has 57 heavy (non-hydrogen) atoms. The zero-order valence-corrected chi connectivity index (χ0v) is 33.0. The van der Waals surface area contributed by atoms with E-state index in [1.165, 1.54) is 30.5 Å². The summed E-state index contributed by atoms with van der Waals surface area (Å²) in [6.45, 7) is 5.13. The lowest BCUT2D eigenvalue weighted by Crippen LogP contribution is -2.50. The Morgan fingerprint density at radius 2 is 1.60 bits per heavy atom. The van der Waals surface area contributed by atoms with E-state index in [4.69, 9.17) is 4.74 Å². The van der Waals surface area contributed by atoms with E-state index >= 15 is 4.39 Å². The molecule has 0 bridgehead atoms. The number of hydrogen-bond acceptors (Lipinski definition) is 7. The van der Waals surface area contributed by atoms with E-state index in [0.29, 0.717) is 29.9 Å². The molecule has 1 spiro atoms. The van der Waals surface area contributed by atoms with Crippen molar-refractivity contribution in [3.05, 3.63) is 119 Å². The zero-order valence-electron chi connectivity index (χ0n) is 33.0. The highest BCUT2D eigenvalue weighted by molar-refractivity contribution is 6.01. The summed E-state index contributed by atoms with van der Waals surface area (Å²) < 4.78 is 22.4. The van der Waals surface area contributed by atoms with Gasteiger partial charge >= 0.3 is 0 Å². The van der Waals surface area contributed by atoms with E-state index in [-0.39, 0.29) is 41.3 Å². The highest BCUT2D eigenvalue weighted by Gasteiger charge is 2.46. The standard InChI is InChI=1S/C48H55FN4O4/c1-57-44-27-43(41(49)26-40(44)46-38(34-5-3-2-4-6-34)13-9-35-25-37(54)12-14-39(35)46)53-23-19-48(20-24-53)28-31(29-48)30-52-21-17-33(18-22-52)32-7-10-36(11-8-32)50-42-15-16-45(55)51-47(42)56/h2-8,10-12,14,25-27,31,33,38,42,46,50,54H,9,13,15-24,28-30H2,1H3,(H,51,55,56)/t38-,42+,46+/m1/s1. The predicted molar refractivity (Wildman–Crippen MR) is 222 cm³/mol. The molecule has 3 atom stereocenters. The molecule has 2 amide bonds.